The number of unbranched alkanes of at least 4 members (excludes halogenated alkanes) is 4. The van der Waals surface area contributed by atoms with E-state index in [4.69, 9.17) is 25.8 Å². The molecule has 0 aliphatic rings. The predicted molar refractivity (Wildman–Crippen MR) is 153 cm³/mol. The molecule has 0 saturated carbocycles. The maximum absolute atomic E-state index is 12.7. The van der Waals surface area contributed by atoms with Crippen LogP contribution in [0.1, 0.15) is 65.3 Å². The number of aliphatic carboxylic acids is 1. The third kappa shape index (κ3) is 9.31. The second-order valence-electron chi connectivity index (χ2n) is 9.24. The minimum absolute atomic E-state index is 0.0146. The van der Waals surface area contributed by atoms with Gasteiger partial charge in [-0.25, -0.2) is 9.59 Å². The van der Waals surface area contributed by atoms with Gasteiger partial charge in [0.25, 0.3) is 5.91 Å². The number of carboxylic acids is 1. The van der Waals surface area contributed by atoms with Crippen molar-refractivity contribution < 1.29 is 33.7 Å². The molecule has 8 nitrogen and oxygen atoms in total. The van der Waals surface area contributed by atoms with Crippen LogP contribution in [0.2, 0.25) is 5.02 Å². The first kappa shape index (κ1) is 30.5. The predicted octanol–water partition coefficient (Wildman–Crippen LogP) is 6.34. The summed E-state index contributed by atoms with van der Waals surface area (Å²) >= 11 is 5.85. The molecule has 9 heteroatoms. The number of carbonyl (C=O) groups is 3. The number of esters is 1. The largest absolute Gasteiger partial charge is 0.494 e. The molecule has 212 valence electrons. The quantitative estimate of drug-likeness (QED) is 0.125. The Morgan fingerprint density at radius 2 is 1.55 bits per heavy atom. The first-order chi connectivity index (χ1) is 19.3. The number of ether oxygens (including phenoxy) is 3. The molecule has 0 saturated heterocycles. The molecule has 0 heterocycles. The Balaban J connectivity index is 1.59. The lowest BCUT2D eigenvalue weighted by Gasteiger charge is -2.16. The van der Waals surface area contributed by atoms with Crippen molar-refractivity contribution in [2.45, 2.75) is 51.5 Å². The van der Waals surface area contributed by atoms with Gasteiger partial charge >= 0.3 is 11.9 Å². The third-order valence-electron chi connectivity index (χ3n) is 6.19. The maximum atomic E-state index is 12.7. The lowest BCUT2D eigenvalue weighted by Crippen LogP contribution is -2.42. The first-order valence-corrected chi connectivity index (χ1v) is 13.6. The molecule has 3 aromatic rings. The first-order valence-electron chi connectivity index (χ1n) is 13.2. The number of carboxylic acid groups (broad SMARTS) is 1. The van der Waals surface area contributed by atoms with Crippen LogP contribution in [0.15, 0.2) is 66.7 Å². The van der Waals surface area contributed by atoms with Crippen LogP contribution < -0.4 is 19.5 Å². The van der Waals surface area contributed by atoms with E-state index in [9.17, 15) is 19.5 Å². The zero-order valence-corrected chi connectivity index (χ0v) is 23.4. The van der Waals surface area contributed by atoms with Crippen LogP contribution in [-0.4, -0.2) is 42.7 Å². The summed E-state index contributed by atoms with van der Waals surface area (Å²) < 4.78 is 16.7. The molecule has 1 amide bonds. The van der Waals surface area contributed by atoms with Crippen molar-refractivity contribution in [3.05, 3.63) is 88.4 Å². The molecule has 0 radical (unpaired) electrons. The number of amides is 1. The van der Waals surface area contributed by atoms with Crippen molar-refractivity contribution in [3.8, 4) is 17.2 Å². The second-order valence-corrected chi connectivity index (χ2v) is 9.67. The van der Waals surface area contributed by atoms with E-state index >= 15 is 0 Å². The van der Waals surface area contributed by atoms with Crippen LogP contribution in [0.5, 0.6) is 17.2 Å². The number of rotatable bonds is 15. The van der Waals surface area contributed by atoms with E-state index in [-0.39, 0.29) is 23.5 Å². The normalized spacial score (nSPS) is 11.4. The zero-order chi connectivity index (χ0) is 28.9. The molecule has 1 atom stereocenters. The standard InChI is InChI=1S/C31H34ClNO7/c1-3-4-5-6-7-18-39-25-15-11-23(12-16-25)31(37)40-27-17-8-21(20-28(27)38-2)19-26(30(35)36)33-29(34)22-9-13-24(32)14-10-22/h8-17,20,26H,3-7,18-19H2,1-2H3,(H,33,34)(H,35,36). The number of nitrogens with one attached hydrogen (secondary N) is 1. The van der Waals surface area contributed by atoms with Gasteiger partial charge in [-0.15, -0.1) is 0 Å². The molecular formula is C31H34ClNO7. The topological polar surface area (TPSA) is 111 Å². The van der Waals surface area contributed by atoms with E-state index in [0.717, 1.165) is 12.8 Å². The lowest BCUT2D eigenvalue weighted by molar-refractivity contribution is -0.139. The van der Waals surface area contributed by atoms with Crippen LogP contribution in [0, 0.1) is 0 Å². The Kier molecular flexibility index (Phi) is 11.8. The Labute approximate surface area is 239 Å². The van der Waals surface area contributed by atoms with Gasteiger partial charge in [0.1, 0.15) is 11.8 Å². The summed E-state index contributed by atoms with van der Waals surface area (Å²) in [5.41, 5.74) is 1.20. The Bertz CT molecular complexity index is 1280. The number of halogens is 1. The SMILES string of the molecule is CCCCCCCOc1ccc(C(=O)Oc2ccc(CC(NC(=O)c3ccc(Cl)cc3)C(=O)O)cc2OC)cc1. The molecule has 3 aromatic carbocycles. The number of hydrogen-bond acceptors (Lipinski definition) is 6. The second kappa shape index (κ2) is 15.5. The monoisotopic (exact) mass is 567 g/mol. The van der Waals surface area contributed by atoms with E-state index < -0.39 is 23.9 Å². The Hall–Kier alpha value is -4.04. The van der Waals surface area contributed by atoms with E-state index in [1.54, 1.807) is 48.5 Å². The molecule has 0 spiro atoms. The summed E-state index contributed by atoms with van der Waals surface area (Å²) in [5, 5.41) is 12.6. The summed E-state index contributed by atoms with van der Waals surface area (Å²) in [7, 11) is 1.42. The van der Waals surface area contributed by atoms with Crippen molar-refractivity contribution in [2.75, 3.05) is 13.7 Å². The van der Waals surface area contributed by atoms with Crippen LogP contribution in [0.25, 0.3) is 0 Å². The molecule has 0 aliphatic heterocycles. The highest BCUT2D eigenvalue weighted by atomic mass is 35.5. The van der Waals surface area contributed by atoms with Gasteiger partial charge in [0.2, 0.25) is 0 Å². The lowest BCUT2D eigenvalue weighted by atomic mass is 10.0. The molecule has 40 heavy (non-hydrogen) atoms. The van der Waals surface area contributed by atoms with E-state index in [0.29, 0.717) is 28.5 Å². The molecule has 0 fully saturated rings. The van der Waals surface area contributed by atoms with Crippen molar-refractivity contribution in [2.24, 2.45) is 0 Å². The van der Waals surface area contributed by atoms with E-state index in [2.05, 4.69) is 12.2 Å². The highest BCUT2D eigenvalue weighted by Crippen LogP contribution is 2.29. The number of benzene rings is 3. The van der Waals surface area contributed by atoms with Gasteiger partial charge in [-0.2, -0.15) is 0 Å². The third-order valence-corrected chi connectivity index (χ3v) is 6.44. The molecular weight excluding hydrogens is 534 g/mol. The van der Waals surface area contributed by atoms with E-state index in [1.165, 1.54) is 44.6 Å². The van der Waals surface area contributed by atoms with Gasteiger partial charge in [-0.1, -0.05) is 50.3 Å². The number of hydrogen-bond donors (Lipinski definition) is 2. The van der Waals surface area contributed by atoms with Gasteiger partial charge in [0.15, 0.2) is 11.5 Å². The number of methoxy groups -OCH3 is 1. The van der Waals surface area contributed by atoms with Gasteiger partial charge in [0.05, 0.1) is 19.3 Å². The maximum Gasteiger partial charge on any atom is 0.343 e. The summed E-state index contributed by atoms with van der Waals surface area (Å²) in [5.74, 6) is -1.19. The fourth-order valence-corrected chi connectivity index (χ4v) is 4.07. The summed E-state index contributed by atoms with van der Waals surface area (Å²) in [6.45, 7) is 2.81. The van der Waals surface area contributed by atoms with Crippen molar-refractivity contribution in [3.63, 3.8) is 0 Å². The molecule has 0 bridgehead atoms. The molecule has 1 unspecified atom stereocenters. The van der Waals surface area contributed by atoms with Crippen LogP contribution in [0.4, 0.5) is 0 Å². The molecule has 0 aromatic heterocycles. The van der Waals surface area contributed by atoms with Crippen LogP contribution >= 0.6 is 11.6 Å². The van der Waals surface area contributed by atoms with Crippen LogP contribution in [-0.2, 0) is 11.2 Å². The Morgan fingerprint density at radius 1 is 0.875 bits per heavy atom. The summed E-state index contributed by atoms with van der Waals surface area (Å²) in [6.07, 6.45) is 5.74. The highest BCUT2D eigenvalue weighted by Gasteiger charge is 2.22. The van der Waals surface area contributed by atoms with E-state index in [1.807, 2.05) is 0 Å². The van der Waals surface area contributed by atoms with Crippen molar-refractivity contribution in [1.82, 2.24) is 5.32 Å². The zero-order valence-electron chi connectivity index (χ0n) is 22.7. The van der Waals surface area contributed by atoms with Gasteiger partial charge in [0, 0.05) is 17.0 Å². The average Bonchev–Trinajstić information content (AvgIpc) is 2.95. The fraction of sp³-hybridized carbons (Fsp3) is 0.323. The van der Waals surface area contributed by atoms with Crippen molar-refractivity contribution in [1.29, 1.82) is 0 Å². The molecule has 2 N–H and O–H groups in total. The highest BCUT2D eigenvalue weighted by molar-refractivity contribution is 6.30. The van der Waals surface area contributed by atoms with Gasteiger partial charge in [-0.05, 0) is 72.6 Å². The minimum Gasteiger partial charge on any atom is -0.494 e. The average molecular weight is 568 g/mol. The van der Waals surface area contributed by atoms with Gasteiger partial charge < -0.3 is 24.6 Å². The Morgan fingerprint density at radius 3 is 2.20 bits per heavy atom. The minimum atomic E-state index is -1.20. The van der Waals surface area contributed by atoms with Crippen LogP contribution in [0.3, 0.4) is 0 Å². The molecule has 3 rings (SSSR count). The molecule has 0 aliphatic carbocycles. The smallest absolute Gasteiger partial charge is 0.343 e. The summed E-state index contributed by atoms with van der Waals surface area (Å²) in [6, 6.07) is 16.4. The fourth-order valence-electron chi connectivity index (χ4n) is 3.94. The summed E-state index contributed by atoms with van der Waals surface area (Å²) in [4.78, 5) is 37.1. The van der Waals surface area contributed by atoms with Crippen molar-refractivity contribution >= 4 is 29.4 Å². The van der Waals surface area contributed by atoms with Gasteiger partial charge in [-0.3, -0.25) is 4.79 Å². The number of carbonyl (C=O) groups excluding carboxylic acids is 2.